The van der Waals surface area contributed by atoms with Crippen molar-refractivity contribution >= 4 is 15.9 Å². The van der Waals surface area contributed by atoms with Gasteiger partial charge in [-0.25, -0.2) is 8.42 Å². The number of benzene rings is 1. The van der Waals surface area contributed by atoms with E-state index in [1.54, 1.807) is 10.4 Å². The Morgan fingerprint density at radius 3 is 2.41 bits per heavy atom. The van der Waals surface area contributed by atoms with E-state index in [1.165, 1.54) is 11.1 Å². The number of piperidine rings is 1. The molecule has 4 rings (SSSR count). The Balaban J connectivity index is 1.45. The summed E-state index contributed by atoms with van der Waals surface area (Å²) >= 11 is 0. The molecule has 0 spiro atoms. The minimum atomic E-state index is -3.47. The van der Waals surface area contributed by atoms with E-state index in [4.69, 9.17) is 4.74 Å². The second-order valence-corrected chi connectivity index (χ2v) is 10.4. The van der Waals surface area contributed by atoms with Gasteiger partial charge in [0.2, 0.25) is 15.9 Å². The smallest absolute Gasteiger partial charge is 0.243 e. The molecular formula is C22H32N2O4S. The van der Waals surface area contributed by atoms with Crippen LogP contribution in [0.5, 0.6) is 0 Å². The quantitative estimate of drug-likeness (QED) is 0.735. The van der Waals surface area contributed by atoms with Crippen LogP contribution < -0.4 is 0 Å². The van der Waals surface area contributed by atoms with Gasteiger partial charge in [-0.3, -0.25) is 4.79 Å². The van der Waals surface area contributed by atoms with E-state index in [0.717, 1.165) is 32.1 Å². The van der Waals surface area contributed by atoms with Gasteiger partial charge >= 0.3 is 0 Å². The van der Waals surface area contributed by atoms with E-state index in [1.807, 2.05) is 19.1 Å². The van der Waals surface area contributed by atoms with Gasteiger partial charge in [0.1, 0.15) is 0 Å². The highest BCUT2D eigenvalue weighted by Gasteiger charge is 2.36. The summed E-state index contributed by atoms with van der Waals surface area (Å²) in [6.45, 7) is 4.25. The van der Waals surface area contributed by atoms with E-state index >= 15 is 0 Å². The summed E-state index contributed by atoms with van der Waals surface area (Å²) < 4.78 is 33.4. The SMILES string of the molecule is CCC(=O)N(C1CCOCC1)C1CCN(S(=O)(=O)c2ccc3c(c2)CCC3)CC1. The number of amides is 1. The van der Waals surface area contributed by atoms with Crippen LogP contribution in [0.3, 0.4) is 0 Å². The maximum atomic E-state index is 13.2. The molecule has 0 aromatic heterocycles. The van der Waals surface area contributed by atoms with Crippen LogP contribution in [0.25, 0.3) is 0 Å². The molecule has 0 N–H and O–H groups in total. The van der Waals surface area contributed by atoms with Crippen LogP contribution in [0.4, 0.5) is 0 Å². The molecule has 2 aliphatic heterocycles. The van der Waals surface area contributed by atoms with Crippen molar-refractivity contribution in [3.63, 3.8) is 0 Å². The Morgan fingerprint density at radius 1 is 1.07 bits per heavy atom. The summed E-state index contributed by atoms with van der Waals surface area (Å²) in [5, 5.41) is 0. The first-order valence-corrected chi connectivity index (χ1v) is 12.5. The number of nitrogens with zero attached hydrogens (tertiary/aromatic N) is 2. The zero-order chi connectivity index (χ0) is 20.4. The van der Waals surface area contributed by atoms with E-state index in [0.29, 0.717) is 50.5 Å². The molecule has 1 amide bonds. The molecule has 0 radical (unpaired) electrons. The van der Waals surface area contributed by atoms with Crippen LogP contribution in [0.15, 0.2) is 23.1 Å². The molecule has 7 heteroatoms. The van der Waals surface area contributed by atoms with E-state index in [-0.39, 0.29) is 18.0 Å². The van der Waals surface area contributed by atoms with Crippen molar-refractivity contribution in [2.45, 2.75) is 75.3 Å². The summed E-state index contributed by atoms with van der Waals surface area (Å²) in [6, 6.07) is 5.96. The second-order valence-electron chi connectivity index (χ2n) is 8.42. The van der Waals surface area contributed by atoms with Crippen LogP contribution in [0, 0.1) is 0 Å². The molecule has 2 heterocycles. The molecule has 3 aliphatic rings. The molecule has 1 aromatic carbocycles. The van der Waals surface area contributed by atoms with Crippen LogP contribution in [0.2, 0.25) is 0 Å². The fourth-order valence-corrected chi connectivity index (χ4v) is 6.59. The maximum absolute atomic E-state index is 13.2. The Kier molecular flexibility index (Phi) is 6.27. The fourth-order valence-electron chi connectivity index (χ4n) is 5.07. The van der Waals surface area contributed by atoms with Crippen molar-refractivity contribution in [3.8, 4) is 0 Å². The third kappa shape index (κ3) is 4.23. The largest absolute Gasteiger partial charge is 0.381 e. The van der Waals surface area contributed by atoms with Crippen LogP contribution in [0.1, 0.15) is 56.6 Å². The van der Waals surface area contributed by atoms with Gasteiger partial charge < -0.3 is 9.64 Å². The minimum absolute atomic E-state index is 0.122. The van der Waals surface area contributed by atoms with Crippen LogP contribution in [-0.2, 0) is 32.4 Å². The first-order chi connectivity index (χ1) is 14.0. The standard InChI is InChI=1S/C22H32N2O4S/c1-2-22(25)24(20-10-14-28-15-11-20)19-8-12-23(13-9-19)29(26,27)21-7-6-17-4-3-5-18(17)16-21/h6-7,16,19-20H,2-5,8-15H2,1H3. The fraction of sp³-hybridized carbons (Fsp3) is 0.682. The Morgan fingerprint density at radius 2 is 1.72 bits per heavy atom. The molecule has 0 bridgehead atoms. The highest BCUT2D eigenvalue weighted by molar-refractivity contribution is 7.89. The molecule has 160 valence electrons. The normalized spacial score (nSPS) is 21.8. The number of carbonyl (C=O) groups excluding carboxylic acids is 1. The lowest BCUT2D eigenvalue weighted by atomic mass is 9.98. The Hall–Kier alpha value is -1.44. The van der Waals surface area contributed by atoms with Gasteiger partial charge in [-0.15, -0.1) is 0 Å². The number of aryl methyl sites for hydroxylation is 2. The molecule has 1 aliphatic carbocycles. The van der Waals surface area contributed by atoms with E-state index < -0.39 is 10.0 Å². The number of fused-ring (bicyclic) bond motifs is 1. The highest BCUT2D eigenvalue weighted by Crippen LogP contribution is 2.30. The third-order valence-electron chi connectivity index (χ3n) is 6.70. The van der Waals surface area contributed by atoms with Gasteiger partial charge in [0, 0.05) is 44.8 Å². The zero-order valence-corrected chi connectivity index (χ0v) is 18.1. The van der Waals surface area contributed by atoms with Gasteiger partial charge in [-0.1, -0.05) is 13.0 Å². The first kappa shape index (κ1) is 20.8. The van der Waals surface area contributed by atoms with Crippen molar-refractivity contribution in [3.05, 3.63) is 29.3 Å². The van der Waals surface area contributed by atoms with E-state index in [2.05, 4.69) is 4.90 Å². The number of ether oxygens (including phenoxy) is 1. The molecular weight excluding hydrogens is 388 g/mol. The summed E-state index contributed by atoms with van der Waals surface area (Å²) in [4.78, 5) is 15.1. The van der Waals surface area contributed by atoms with Crippen molar-refractivity contribution in [2.24, 2.45) is 0 Å². The summed E-state index contributed by atoms with van der Waals surface area (Å²) in [5.74, 6) is 0.178. The topological polar surface area (TPSA) is 66.9 Å². The van der Waals surface area contributed by atoms with Crippen molar-refractivity contribution in [1.29, 1.82) is 0 Å². The minimum Gasteiger partial charge on any atom is -0.381 e. The molecule has 29 heavy (non-hydrogen) atoms. The molecule has 0 unspecified atom stereocenters. The van der Waals surface area contributed by atoms with Gasteiger partial charge in [-0.2, -0.15) is 4.31 Å². The summed E-state index contributed by atoms with van der Waals surface area (Å²) in [5.41, 5.74) is 2.47. The Labute approximate surface area is 174 Å². The lowest BCUT2D eigenvalue weighted by Crippen LogP contribution is -2.53. The van der Waals surface area contributed by atoms with Crippen molar-refractivity contribution in [2.75, 3.05) is 26.3 Å². The average Bonchev–Trinajstić information content (AvgIpc) is 3.23. The van der Waals surface area contributed by atoms with Crippen molar-refractivity contribution in [1.82, 2.24) is 9.21 Å². The number of carbonyl (C=O) groups is 1. The number of rotatable bonds is 5. The Bertz CT molecular complexity index is 840. The monoisotopic (exact) mass is 420 g/mol. The molecule has 1 aromatic rings. The number of sulfonamides is 1. The predicted octanol–water partition coefficient (Wildman–Crippen LogP) is 2.75. The van der Waals surface area contributed by atoms with Crippen LogP contribution in [-0.4, -0.2) is 61.9 Å². The van der Waals surface area contributed by atoms with Gasteiger partial charge in [0.15, 0.2) is 0 Å². The second kappa shape index (κ2) is 8.74. The lowest BCUT2D eigenvalue weighted by molar-refractivity contribution is -0.139. The van der Waals surface area contributed by atoms with Gasteiger partial charge in [0.05, 0.1) is 4.90 Å². The maximum Gasteiger partial charge on any atom is 0.243 e. The lowest BCUT2D eigenvalue weighted by Gasteiger charge is -2.43. The molecule has 2 fully saturated rings. The summed E-state index contributed by atoms with van der Waals surface area (Å²) in [7, 11) is -3.47. The van der Waals surface area contributed by atoms with Gasteiger partial charge in [0.25, 0.3) is 0 Å². The zero-order valence-electron chi connectivity index (χ0n) is 17.3. The molecule has 6 nitrogen and oxygen atoms in total. The van der Waals surface area contributed by atoms with Gasteiger partial charge in [-0.05, 0) is 68.2 Å². The predicted molar refractivity (Wildman–Crippen MR) is 111 cm³/mol. The summed E-state index contributed by atoms with van der Waals surface area (Å²) in [6.07, 6.45) is 6.77. The van der Waals surface area contributed by atoms with E-state index in [9.17, 15) is 13.2 Å². The molecule has 0 atom stereocenters. The first-order valence-electron chi connectivity index (χ1n) is 11.0. The third-order valence-corrected chi connectivity index (χ3v) is 8.59. The van der Waals surface area contributed by atoms with Crippen LogP contribution >= 0.6 is 0 Å². The van der Waals surface area contributed by atoms with Crippen molar-refractivity contribution < 1.29 is 17.9 Å². The average molecular weight is 421 g/mol. The number of hydrogen-bond donors (Lipinski definition) is 0. The molecule has 2 saturated heterocycles. The molecule has 0 saturated carbocycles. The highest BCUT2D eigenvalue weighted by atomic mass is 32.2. The number of hydrogen-bond acceptors (Lipinski definition) is 4.